The molecule has 0 amide bonds. The van der Waals surface area contributed by atoms with Crippen LogP contribution in [0.5, 0.6) is 0 Å². The van der Waals surface area contributed by atoms with Crippen LogP contribution in [0.15, 0.2) is 64.6 Å². The second kappa shape index (κ2) is 12.8. The average molecular weight is 502 g/mol. The molecule has 0 spiro atoms. The molecule has 0 unspecified atom stereocenters. The number of fused-ring (bicyclic) bond motifs is 1. The van der Waals surface area contributed by atoms with Gasteiger partial charge < -0.3 is 16.4 Å². The van der Waals surface area contributed by atoms with Crippen LogP contribution in [0.25, 0.3) is 10.1 Å². The minimum atomic E-state index is -0.0384. The van der Waals surface area contributed by atoms with Crippen molar-refractivity contribution in [2.45, 2.75) is 34.1 Å². The number of thioether (sulfide) groups is 1. The van der Waals surface area contributed by atoms with E-state index >= 15 is 0 Å². The number of nitrogens with two attached hydrogens (primary N) is 1. The lowest BCUT2D eigenvalue weighted by Gasteiger charge is -2.15. The second-order valence-electron chi connectivity index (χ2n) is 7.37. The quantitative estimate of drug-likeness (QED) is 0.215. The van der Waals surface area contributed by atoms with Gasteiger partial charge in [0.25, 0.3) is 0 Å². The molecule has 0 saturated heterocycles. The summed E-state index contributed by atoms with van der Waals surface area (Å²) in [5.74, 6) is -0.0384. The van der Waals surface area contributed by atoms with Gasteiger partial charge in [-0.2, -0.15) is 0 Å². The molecule has 3 aromatic rings. The van der Waals surface area contributed by atoms with Crippen LogP contribution in [0.4, 0.5) is 11.4 Å². The lowest BCUT2D eigenvalue weighted by atomic mass is 10.1. The minimum absolute atomic E-state index is 0.0384. The maximum Gasteiger partial charge on any atom is 0.209 e. The molecule has 0 aliphatic rings. The Kier molecular flexibility index (Phi) is 10.5. The van der Waals surface area contributed by atoms with E-state index in [0.29, 0.717) is 9.93 Å². The van der Waals surface area contributed by atoms with Gasteiger partial charge in [-0.15, -0.1) is 11.3 Å². The number of ketones is 1. The van der Waals surface area contributed by atoms with Crippen molar-refractivity contribution in [2.24, 2.45) is 5.73 Å². The van der Waals surface area contributed by atoms with Crippen molar-refractivity contribution < 1.29 is 4.79 Å². The summed E-state index contributed by atoms with van der Waals surface area (Å²) in [5.41, 5.74) is 9.02. The summed E-state index contributed by atoms with van der Waals surface area (Å²) >= 11 is 8.99. The van der Waals surface area contributed by atoms with Crippen LogP contribution in [-0.4, -0.2) is 19.4 Å². The first-order valence-electron chi connectivity index (χ1n) is 10.8. The minimum Gasteiger partial charge on any atom is -0.388 e. The second-order valence-corrected chi connectivity index (χ2v) is 9.97. The number of aryl methyl sites for hydroxylation is 1. The molecule has 7 heteroatoms. The Morgan fingerprint density at radius 3 is 2.33 bits per heavy atom. The third-order valence-electron chi connectivity index (χ3n) is 4.93. The fourth-order valence-corrected chi connectivity index (χ4v) is 5.39. The highest BCUT2D eigenvalue weighted by atomic mass is 35.5. The first-order valence-corrected chi connectivity index (χ1v) is 12.8. The highest BCUT2D eigenvalue weighted by Gasteiger charge is 2.20. The van der Waals surface area contributed by atoms with Gasteiger partial charge in [0.1, 0.15) is 0 Å². The molecule has 0 aliphatic carbocycles. The number of benzene rings is 2. The molecule has 4 nitrogen and oxygen atoms in total. The van der Waals surface area contributed by atoms with Crippen molar-refractivity contribution in [1.82, 2.24) is 0 Å². The maximum absolute atomic E-state index is 13.2. The van der Waals surface area contributed by atoms with Gasteiger partial charge in [0.2, 0.25) is 5.78 Å². The highest BCUT2D eigenvalue weighted by Crippen LogP contribution is 2.37. The zero-order valence-electron chi connectivity index (χ0n) is 19.8. The van der Waals surface area contributed by atoms with Gasteiger partial charge in [0, 0.05) is 28.1 Å². The number of allylic oxidation sites excluding steroid dienone is 2. The first kappa shape index (κ1) is 27.0. The molecule has 1 aromatic heterocycles. The van der Waals surface area contributed by atoms with Crippen LogP contribution < -0.4 is 16.4 Å². The Morgan fingerprint density at radius 2 is 1.76 bits per heavy atom. The third-order valence-corrected chi connectivity index (χ3v) is 7.51. The molecule has 1 heterocycles. The lowest BCUT2D eigenvalue weighted by molar-refractivity contribution is 0.104. The molecular formula is C26H32ClN3OS2. The summed E-state index contributed by atoms with van der Waals surface area (Å²) < 4.78 is 1.02. The summed E-state index contributed by atoms with van der Waals surface area (Å²) in [5, 5.41) is 9.25. The fourth-order valence-electron chi connectivity index (χ4n) is 2.94. The van der Waals surface area contributed by atoms with Crippen molar-refractivity contribution in [2.75, 3.05) is 24.2 Å². The molecule has 3 rings (SSSR count). The van der Waals surface area contributed by atoms with Crippen LogP contribution in [0.3, 0.4) is 0 Å². The van der Waals surface area contributed by atoms with Gasteiger partial charge in [0.15, 0.2) is 0 Å². The number of anilines is 2. The van der Waals surface area contributed by atoms with Crippen LogP contribution in [0.1, 0.15) is 42.4 Å². The Hall–Kier alpha value is -2.25. The summed E-state index contributed by atoms with van der Waals surface area (Å²) in [4.78, 5) is 14.4. The van der Waals surface area contributed by atoms with E-state index in [9.17, 15) is 4.79 Å². The van der Waals surface area contributed by atoms with Gasteiger partial charge in [-0.05, 0) is 79.7 Å². The molecular weight excluding hydrogens is 470 g/mol. The van der Waals surface area contributed by atoms with Crippen LogP contribution in [-0.2, 0) is 0 Å². The molecule has 176 valence electrons. The SMILES string of the molecule is C=C(S/C(Nc1ccc(NC)cc1)=C(\C)CC)C(=O)c1sc2cc(Cl)ccc2c1C.CCN. The normalized spacial score (nSPS) is 11.4. The van der Waals surface area contributed by atoms with Crippen LogP contribution in [0.2, 0.25) is 5.02 Å². The van der Waals surface area contributed by atoms with Crippen molar-refractivity contribution in [3.63, 3.8) is 0 Å². The molecule has 0 fully saturated rings. The topological polar surface area (TPSA) is 67.1 Å². The molecule has 0 atom stereocenters. The standard InChI is InChI=1S/C24H25ClN2OS2.C2H7N/c1-6-14(2)24(27-19-10-8-18(26-5)9-11-19)29-16(4)22(28)23-15(3)20-12-7-17(25)13-21(20)30-23;1-2-3/h7-13,26-27H,4,6H2,1-3,5H3;2-3H2,1H3/b24-14+;. The number of Topliss-reactive ketones (excluding diaryl/α,β-unsaturated/α-hetero) is 1. The maximum atomic E-state index is 13.2. The van der Waals surface area contributed by atoms with Crippen LogP contribution in [0, 0.1) is 6.92 Å². The molecule has 0 radical (unpaired) electrons. The van der Waals surface area contributed by atoms with E-state index in [1.165, 1.54) is 28.7 Å². The predicted molar refractivity (Wildman–Crippen MR) is 150 cm³/mol. The van der Waals surface area contributed by atoms with Crippen molar-refractivity contribution in [1.29, 1.82) is 0 Å². The number of hydrogen-bond donors (Lipinski definition) is 3. The van der Waals surface area contributed by atoms with Crippen molar-refractivity contribution in [3.8, 4) is 0 Å². The van der Waals surface area contributed by atoms with Gasteiger partial charge in [-0.3, -0.25) is 4.79 Å². The number of nitrogens with one attached hydrogen (secondary N) is 2. The van der Waals surface area contributed by atoms with Gasteiger partial charge in [0.05, 0.1) is 14.8 Å². The molecule has 33 heavy (non-hydrogen) atoms. The van der Waals surface area contributed by atoms with Crippen molar-refractivity contribution >= 4 is 61.9 Å². The van der Waals surface area contributed by atoms with Gasteiger partial charge in [-0.1, -0.05) is 49.9 Å². The van der Waals surface area contributed by atoms with E-state index in [1.807, 2.05) is 63.4 Å². The largest absolute Gasteiger partial charge is 0.388 e. The molecule has 2 aromatic carbocycles. The molecule has 0 aliphatic heterocycles. The van der Waals surface area contributed by atoms with E-state index in [-0.39, 0.29) is 5.78 Å². The summed E-state index contributed by atoms with van der Waals surface area (Å²) in [6.07, 6.45) is 0.881. The monoisotopic (exact) mass is 501 g/mol. The summed E-state index contributed by atoms with van der Waals surface area (Å²) in [7, 11) is 1.89. The van der Waals surface area contributed by atoms with Gasteiger partial charge >= 0.3 is 0 Å². The zero-order valence-corrected chi connectivity index (χ0v) is 22.2. The third kappa shape index (κ3) is 7.11. The Labute approximate surface area is 210 Å². The summed E-state index contributed by atoms with van der Waals surface area (Å²) in [6, 6.07) is 13.8. The van der Waals surface area contributed by atoms with Gasteiger partial charge in [-0.25, -0.2) is 0 Å². The van der Waals surface area contributed by atoms with E-state index in [4.69, 9.17) is 17.3 Å². The van der Waals surface area contributed by atoms with E-state index in [2.05, 4.69) is 31.1 Å². The highest BCUT2D eigenvalue weighted by molar-refractivity contribution is 8.07. The van der Waals surface area contributed by atoms with Crippen LogP contribution >= 0.6 is 34.7 Å². The Balaban J connectivity index is 0.00000122. The van der Waals surface area contributed by atoms with E-state index in [1.54, 1.807) is 0 Å². The number of rotatable bonds is 8. The molecule has 0 saturated carbocycles. The van der Waals surface area contributed by atoms with E-state index < -0.39 is 0 Å². The Morgan fingerprint density at radius 1 is 1.15 bits per heavy atom. The summed E-state index contributed by atoms with van der Waals surface area (Å²) in [6.45, 7) is 12.9. The number of thiophene rings is 1. The average Bonchev–Trinajstić information content (AvgIpc) is 3.13. The number of halogens is 1. The number of hydrogen-bond acceptors (Lipinski definition) is 6. The Bertz CT molecular complexity index is 1150. The molecule has 4 N–H and O–H groups in total. The number of carbonyl (C=O) groups is 1. The molecule has 0 bridgehead atoms. The fraction of sp³-hybridized carbons (Fsp3) is 0.269. The van der Waals surface area contributed by atoms with E-state index in [0.717, 1.165) is 49.9 Å². The smallest absolute Gasteiger partial charge is 0.209 e. The lowest BCUT2D eigenvalue weighted by Crippen LogP contribution is -2.04. The zero-order chi connectivity index (χ0) is 24.5. The number of carbonyl (C=O) groups excluding carboxylic acids is 1. The predicted octanol–water partition coefficient (Wildman–Crippen LogP) is 8.05. The van der Waals surface area contributed by atoms with Crippen molar-refractivity contribution in [3.05, 3.63) is 80.0 Å². The first-order chi connectivity index (χ1) is 15.7.